The Hall–Kier alpha value is -1.30. The van der Waals surface area contributed by atoms with Gasteiger partial charge in [0.2, 0.25) is 0 Å². The quantitative estimate of drug-likeness (QED) is 0.719. The van der Waals surface area contributed by atoms with Crippen molar-refractivity contribution in [2.45, 2.75) is 25.3 Å². The van der Waals surface area contributed by atoms with Crippen molar-refractivity contribution in [3.63, 3.8) is 0 Å². The summed E-state index contributed by atoms with van der Waals surface area (Å²) in [6.45, 7) is 3.63. The van der Waals surface area contributed by atoms with Crippen molar-refractivity contribution in [1.82, 2.24) is 5.32 Å². The van der Waals surface area contributed by atoms with Crippen LogP contribution in [-0.4, -0.2) is 46.1 Å². The Balaban J connectivity index is 1.79. The van der Waals surface area contributed by atoms with E-state index in [1.165, 1.54) is 5.56 Å². The molecule has 1 unspecified atom stereocenters. The fourth-order valence-corrected chi connectivity index (χ4v) is 2.47. The van der Waals surface area contributed by atoms with Crippen LogP contribution < -0.4 is 20.5 Å². The van der Waals surface area contributed by atoms with E-state index in [0.717, 1.165) is 50.5 Å². The maximum atomic E-state index is 5.60. The topological polar surface area (TPSA) is 65.7 Å². The van der Waals surface area contributed by atoms with Gasteiger partial charge in [0.05, 0.1) is 6.61 Å². The molecule has 1 atom stereocenters. The lowest BCUT2D eigenvalue weighted by molar-refractivity contribution is 0.162. The van der Waals surface area contributed by atoms with E-state index >= 15 is 0 Å². The number of hydrogen-bond donors (Lipinski definition) is 2. The number of methoxy groups -OCH3 is 1. The second kappa shape index (κ2) is 8.87. The Morgan fingerprint density at radius 3 is 2.86 bits per heavy atom. The molecular formula is C16H26N2O3. The van der Waals surface area contributed by atoms with Crippen molar-refractivity contribution in [2.75, 3.05) is 40.0 Å². The van der Waals surface area contributed by atoms with E-state index in [4.69, 9.17) is 19.9 Å². The molecule has 1 aliphatic heterocycles. The predicted octanol–water partition coefficient (Wildman–Crippen LogP) is 1.34. The van der Waals surface area contributed by atoms with E-state index in [1.807, 2.05) is 6.07 Å². The normalized spacial score (nSPS) is 15.0. The van der Waals surface area contributed by atoms with E-state index in [-0.39, 0.29) is 0 Å². The molecule has 1 aromatic rings. The fourth-order valence-electron chi connectivity index (χ4n) is 2.47. The molecule has 1 aromatic carbocycles. The minimum absolute atomic E-state index is 0.371. The number of hydrogen-bond acceptors (Lipinski definition) is 5. The van der Waals surface area contributed by atoms with Crippen molar-refractivity contribution in [2.24, 2.45) is 5.73 Å². The summed E-state index contributed by atoms with van der Waals surface area (Å²) >= 11 is 0. The highest BCUT2D eigenvalue weighted by molar-refractivity contribution is 5.43. The molecule has 1 aliphatic rings. The van der Waals surface area contributed by atoms with Gasteiger partial charge < -0.3 is 25.3 Å². The van der Waals surface area contributed by atoms with Crippen molar-refractivity contribution in [1.29, 1.82) is 0 Å². The summed E-state index contributed by atoms with van der Waals surface area (Å²) in [5.74, 6) is 1.70. The highest BCUT2D eigenvalue weighted by Crippen LogP contribution is 2.30. The molecule has 2 rings (SSSR count). The third kappa shape index (κ3) is 5.19. The van der Waals surface area contributed by atoms with E-state index in [2.05, 4.69) is 17.4 Å². The minimum atomic E-state index is 0.371. The van der Waals surface area contributed by atoms with Gasteiger partial charge in [-0.2, -0.15) is 0 Å². The smallest absolute Gasteiger partial charge is 0.161 e. The van der Waals surface area contributed by atoms with Gasteiger partial charge in [0, 0.05) is 13.2 Å². The van der Waals surface area contributed by atoms with Crippen LogP contribution >= 0.6 is 0 Å². The van der Waals surface area contributed by atoms with Crippen molar-refractivity contribution >= 4 is 0 Å². The van der Waals surface area contributed by atoms with Gasteiger partial charge in [-0.05, 0) is 50.0 Å². The lowest BCUT2D eigenvalue weighted by Crippen LogP contribution is -2.35. The molecule has 118 valence electrons. The van der Waals surface area contributed by atoms with Crippen LogP contribution in [0.2, 0.25) is 0 Å². The summed E-state index contributed by atoms with van der Waals surface area (Å²) in [6.07, 6.45) is 3.02. The van der Waals surface area contributed by atoms with E-state index < -0.39 is 0 Å². The number of benzene rings is 1. The maximum absolute atomic E-state index is 5.60. The molecule has 0 amide bonds. The zero-order valence-electron chi connectivity index (χ0n) is 12.8. The van der Waals surface area contributed by atoms with Crippen LogP contribution in [0.3, 0.4) is 0 Å². The summed E-state index contributed by atoms with van der Waals surface area (Å²) in [6, 6.07) is 6.53. The van der Waals surface area contributed by atoms with Crippen LogP contribution in [0.25, 0.3) is 0 Å². The molecule has 0 saturated carbocycles. The van der Waals surface area contributed by atoms with Gasteiger partial charge in [0.15, 0.2) is 11.5 Å². The highest BCUT2D eigenvalue weighted by Gasteiger charge is 2.12. The molecular weight excluding hydrogens is 268 g/mol. The Morgan fingerprint density at radius 2 is 2.10 bits per heavy atom. The van der Waals surface area contributed by atoms with E-state index in [1.54, 1.807) is 7.11 Å². The molecule has 21 heavy (non-hydrogen) atoms. The summed E-state index contributed by atoms with van der Waals surface area (Å²) in [5, 5.41) is 3.53. The average Bonchev–Trinajstić information content (AvgIpc) is 2.52. The zero-order chi connectivity index (χ0) is 14.9. The second-order valence-corrected chi connectivity index (χ2v) is 5.27. The third-order valence-corrected chi connectivity index (χ3v) is 3.58. The molecule has 0 fully saturated rings. The number of nitrogens with two attached hydrogens (primary N) is 1. The summed E-state index contributed by atoms with van der Waals surface area (Å²) in [5.41, 5.74) is 6.81. The third-order valence-electron chi connectivity index (χ3n) is 3.58. The van der Waals surface area contributed by atoms with E-state index in [0.29, 0.717) is 19.3 Å². The van der Waals surface area contributed by atoms with Crippen LogP contribution in [0.4, 0.5) is 0 Å². The molecule has 3 N–H and O–H groups in total. The molecule has 0 spiro atoms. The van der Waals surface area contributed by atoms with Gasteiger partial charge in [-0.15, -0.1) is 0 Å². The summed E-state index contributed by atoms with van der Waals surface area (Å²) < 4.78 is 16.4. The van der Waals surface area contributed by atoms with Gasteiger partial charge in [-0.1, -0.05) is 6.07 Å². The van der Waals surface area contributed by atoms with Crippen LogP contribution in [0.15, 0.2) is 18.2 Å². The minimum Gasteiger partial charge on any atom is -0.486 e. The van der Waals surface area contributed by atoms with Gasteiger partial charge in [0.25, 0.3) is 0 Å². The van der Waals surface area contributed by atoms with Crippen molar-refractivity contribution in [3.05, 3.63) is 23.8 Å². The maximum Gasteiger partial charge on any atom is 0.161 e. The Bertz CT molecular complexity index is 426. The Kier molecular flexibility index (Phi) is 6.79. The molecule has 0 aliphatic carbocycles. The van der Waals surface area contributed by atoms with Gasteiger partial charge in [0.1, 0.15) is 13.2 Å². The first-order valence-electron chi connectivity index (χ1n) is 7.64. The zero-order valence-corrected chi connectivity index (χ0v) is 12.8. The van der Waals surface area contributed by atoms with Crippen LogP contribution in [0.1, 0.15) is 18.4 Å². The van der Waals surface area contributed by atoms with E-state index in [9.17, 15) is 0 Å². The summed E-state index contributed by atoms with van der Waals surface area (Å²) in [4.78, 5) is 0. The monoisotopic (exact) mass is 294 g/mol. The largest absolute Gasteiger partial charge is 0.486 e. The number of ether oxygens (including phenoxy) is 3. The first kappa shape index (κ1) is 16.1. The van der Waals surface area contributed by atoms with Crippen molar-refractivity contribution in [3.8, 4) is 11.5 Å². The SMILES string of the molecule is COCC(CCCN)NCCc1ccc2c(c1)OCCO2. The number of nitrogens with one attached hydrogen (secondary N) is 1. The standard InChI is InChI=1S/C16H26N2O3/c1-19-12-14(3-2-7-17)18-8-6-13-4-5-15-16(11-13)21-10-9-20-15/h4-5,11,14,18H,2-3,6-10,12,17H2,1H3. The first-order chi connectivity index (χ1) is 10.3. The Labute approximate surface area is 126 Å². The second-order valence-electron chi connectivity index (χ2n) is 5.27. The molecule has 1 heterocycles. The lowest BCUT2D eigenvalue weighted by Gasteiger charge is -2.20. The molecule has 5 heteroatoms. The molecule has 5 nitrogen and oxygen atoms in total. The van der Waals surface area contributed by atoms with Gasteiger partial charge in [-0.3, -0.25) is 0 Å². The number of rotatable bonds is 9. The molecule has 0 saturated heterocycles. The molecule has 0 aromatic heterocycles. The van der Waals surface area contributed by atoms with Crippen molar-refractivity contribution < 1.29 is 14.2 Å². The fraction of sp³-hybridized carbons (Fsp3) is 0.625. The molecule has 0 radical (unpaired) electrons. The Morgan fingerprint density at radius 1 is 1.29 bits per heavy atom. The highest BCUT2D eigenvalue weighted by atomic mass is 16.6. The lowest BCUT2D eigenvalue weighted by atomic mass is 10.1. The average molecular weight is 294 g/mol. The number of fused-ring (bicyclic) bond motifs is 1. The summed E-state index contributed by atoms with van der Waals surface area (Å²) in [7, 11) is 1.73. The predicted molar refractivity (Wildman–Crippen MR) is 83.1 cm³/mol. The molecule has 0 bridgehead atoms. The van der Waals surface area contributed by atoms with Gasteiger partial charge in [-0.25, -0.2) is 0 Å². The van der Waals surface area contributed by atoms with Crippen LogP contribution in [0, 0.1) is 0 Å². The van der Waals surface area contributed by atoms with Crippen LogP contribution in [-0.2, 0) is 11.2 Å². The first-order valence-corrected chi connectivity index (χ1v) is 7.64. The van der Waals surface area contributed by atoms with Crippen LogP contribution in [0.5, 0.6) is 11.5 Å². The van der Waals surface area contributed by atoms with Gasteiger partial charge >= 0.3 is 0 Å².